The lowest BCUT2D eigenvalue weighted by molar-refractivity contribution is -0.00901. The molecule has 100 valence electrons. The summed E-state index contributed by atoms with van der Waals surface area (Å²) in [5.74, 6) is -0.332. The van der Waals surface area contributed by atoms with Crippen molar-refractivity contribution in [2.45, 2.75) is 45.1 Å². The van der Waals surface area contributed by atoms with Crippen molar-refractivity contribution >= 4 is 17.3 Å². The van der Waals surface area contributed by atoms with Gasteiger partial charge in [0.15, 0.2) is 5.69 Å². The number of aryl methyl sites for hydroxylation is 1. The second-order valence-corrected chi connectivity index (χ2v) is 5.75. The van der Waals surface area contributed by atoms with Crippen molar-refractivity contribution in [3.05, 3.63) is 15.6 Å². The minimum atomic E-state index is -0.332. The zero-order chi connectivity index (χ0) is 13.2. The fraction of sp³-hybridized carbons (Fsp3) is 0.692. The Hall–Kier alpha value is -0.940. The SMILES string of the molecule is CCOC(=O)c1nc(C2(OC)CCCC2)sc1C. The van der Waals surface area contributed by atoms with Crippen LogP contribution in [0, 0.1) is 6.92 Å². The summed E-state index contributed by atoms with van der Waals surface area (Å²) < 4.78 is 10.7. The van der Waals surface area contributed by atoms with E-state index in [0.717, 1.165) is 35.6 Å². The Morgan fingerprint density at radius 2 is 2.11 bits per heavy atom. The van der Waals surface area contributed by atoms with Gasteiger partial charge in [-0.3, -0.25) is 0 Å². The van der Waals surface area contributed by atoms with E-state index in [4.69, 9.17) is 9.47 Å². The molecule has 1 aliphatic carbocycles. The number of carbonyl (C=O) groups excluding carboxylic acids is 1. The largest absolute Gasteiger partial charge is 0.461 e. The van der Waals surface area contributed by atoms with E-state index in [2.05, 4.69) is 4.98 Å². The van der Waals surface area contributed by atoms with Crippen LogP contribution in [0.15, 0.2) is 0 Å². The smallest absolute Gasteiger partial charge is 0.358 e. The molecule has 0 spiro atoms. The lowest BCUT2D eigenvalue weighted by Crippen LogP contribution is -2.24. The molecule has 0 unspecified atom stereocenters. The summed E-state index contributed by atoms with van der Waals surface area (Å²) in [4.78, 5) is 17.1. The maximum atomic E-state index is 11.8. The molecule has 0 saturated heterocycles. The summed E-state index contributed by atoms with van der Waals surface area (Å²) in [5.41, 5.74) is 0.167. The van der Waals surface area contributed by atoms with Crippen LogP contribution in [0.25, 0.3) is 0 Å². The second-order valence-electron chi connectivity index (χ2n) is 4.55. The highest BCUT2D eigenvalue weighted by atomic mass is 32.1. The Balaban J connectivity index is 2.30. The van der Waals surface area contributed by atoms with Gasteiger partial charge < -0.3 is 9.47 Å². The number of carbonyl (C=O) groups is 1. The summed E-state index contributed by atoms with van der Waals surface area (Å²) in [5, 5.41) is 0.919. The second kappa shape index (κ2) is 5.36. The highest BCUT2D eigenvalue weighted by Gasteiger charge is 2.39. The topological polar surface area (TPSA) is 48.4 Å². The first-order chi connectivity index (χ1) is 8.63. The van der Waals surface area contributed by atoms with E-state index in [1.54, 1.807) is 25.4 Å². The van der Waals surface area contributed by atoms with Crippen molar-refractivity contribution in [2.24, 2.45) is 0 Å². The number of hydrogen-bond donors (Lipinski definition) is 0. The van der Waals surface area contributed by atoms with Crippen LogP contribution in [0.4, 0.5) is 0 Å². The van der Waals surface area contributed by atoms with Crippen molar-refractivity contribution in [2.75, 3.05) is 13.7 Å². The van der Waals surface area contributed by atoms with Crippen LogP contribution in [0.5, 0.6) is 0 Å². The molecule has 0 N–H and O–H groups in total. The number of aromatic nitrogens is 1. The van der Waals surface area contributed by atoms with Crippen molar-refractivity contribution in [3.63, 3.8) is 0 Å². The Labute approximate surface area is 111 Å². The standard InChI is InChI=1S/C13H19NO3S/c1-4-17-11(15)10-9(2)18-12(14-10)13(16-3)7-5-6-8-13/h4-8H2,1-3H3. The molecular weight excluding hydrogens is 250 g/mol. The Morgan fingerprint density at radius 3 is 2.67 bits per heavy atom. The van der Waals surface area contributed by atoms with Crippen LogP contribution in [-0.4, -0.2) is 24.7 Å². The summed E-state index contributed by atoms with van der Waals surface area (Å²) in [6, 6.07) is 0. The molecular formula is C13H19NO3S. The zero-order valence-corrected chi connectivity index (χ0v) is 11.9. The molecule has 0 atom stereocenters. The molecule has 1 saturated carbocycles. The van der Waals surface area contributed by atoms with E-state index >= 15 is 0 Å². The number of esters is 1. The van der Waals surface area contributed by atoms with E-state index < -0.39 is 0 Å². The Morgan fingerprint density at radius 1 is 1.44 bits per heavy atom. The molecule has 0 amide bonds. The molecule has 0 aliphatic heterocycles. The molecule has 2 rings (SSSR count). The van der Waals surface area contributed by atoms with Crippen LogP contribution >= 0.6 is 11.3 Å². The lowest BCUT2D eigenvalue weighted by atomic mass is 10.0. The van der Waals surface area contributed by atoms with Gasteiger partial charge in [0.05, 0.1) is 6.61 Å². The van der Waals surface area contributed by atoms with E-state index in [1.165, 1.54) is 0 Å². The molecule has 1 aromatic heterocycles. The molecule has 1 fully saturated rings. The fourth-order valence-electron chi connectivity index (χ4n) is 2.43. The molecule has 5 heteroatoms. The van der Waals surface area contributed by atoms with Crippen LogP contribution in [0.2, 0.25) is 0 Å². The maximum absolute atomic E-state index is 11.8. The van der Waals surface area contributed by atoms with Crippen molar-refractivity contribution < 1.29 is 14.3 Å². The predicted octanol–water partition coefficient (Wildman–Crippen LogP) is 3.04. The first kappa shape index (κ1) is 13.5. The van der Waals surface area contributed by atoms with Gasteiger partial charge in [0, 0.05) is 12.0 Å². The van der Waals surface area contributed by atoms with Gasteiger partial charge >= 0.3 is 5.97 Å². The number of rotatable bonds is 4. The zero-order valence-electron chi connectivity index (χ0n) is 11.1. The summed E-state index contributed by atoms with van der Waals surface area (Å²) in [6.45, 7) is 4.08. The molecule has 1 aromatic rings. The molecule has 0 radical (unpaired) electrons. The quantitative estimate of drug-likeness (QED) is 0.788. The van der Waals surface area contributed by atoms with Gasteiger partial charge in [-0.05, 0) is 26.7 Å². The number of thiazole rings is 1. The first-order valence-electron chi connectivity index (χ1n) is 6.33. The van der Waals surface area contributed by atoms with Gasteiger partial charge in [0.2, 0.25) is 0 Å². The average molecular weight is 269 g/mol. The number of ether oxygens (including phenoxy) is 2. The minimum Gasteiger partial charge on any atom is -0.461 e. The third kappa shape index (κ3) is 2.29. The molecule has 4 nitrogen and oxygen atoms in total. The van der Waals surface area contributed by atoms with Gasteiger partial charge in [0.1, 0.15) is 10.6 Å². The van der Waals surface area contributed by atoms with Crippen molar-refractivity contribution in [3.8, 4) is 0 Å². The minimum absolute atomic E-state index is 0.278. The van der Waals surface area contributed by atoms with Crippen LogP contribution < -0.4 is 0 Å². The van der Waals surface area contributed by atoms with E-state index in [1.807, 2.05) is 6.92 Å². The summed E-state index contributed by atoms with van der Waals surface area (Å²) in [6.07, 6.45) is 4.28. The third-order valence-corrected chi connectivity index (χ3v) is 4.61. The van der Waals surface area contributed by atoms with Crippen molar-refractivity contribution in [1.82, 2.24) is 4.98 Å². The predicted molar refractivity (Wildman–Crippen MR) is 70.0 cm³/mol. The molecule has 0 bridgehead atoms. The van der Waals surface area contributed by atoms with Crippen LogP contribution in [-0.2, 0) is 15.1 Å². The van der Waals surface area contributed by atoms with Crippen LogP contribution in [0.1, 0.15) is 53.0 Å². The van der Waals surface area contributed by atoms with E-state index in [-0.39, 0.29) is 11.6 Å². The molecule has 1 heterocycles. The summed E-state index contributed by atoms with van der Waals surface area (Å²) in [7, 11) is 1.73. The van der Waals surface area contributed by atoms with Crippen molar-refractivity contribution in [1.29, 1.82) is 0 Å². The normalized spacial score (nSPS) is 17.9. The van der Waals surface area contributed by atoms with Gasteiger partial charge in [-0.15, -0.1) is 11.3 Å². The molecule has 1 aliphatic rings. The number of methoxy groups -OCH3 is 1. The first-order valence-corrected chi connectivity index (χ1v) is 7.15. The van der Waals surface area contributed by atoms with Crippen LogP contribution in [0.3, 0.4) is 0 Å². The Bertz CT molecular complexity index is 435. The number of nitrogens with zero attached hydrogens (tertiary/aromatic N) is 1. The van der Waals surface area contributed by atoms with Gasteiger partial charge in [-0.25, -0.2) is 9.78 Å². The highest BCUT2D eigenvalue weighted by molar-refractivity contribution is 7.12. The molecule has 18 heavy (non-hydrogen) atoms. The van der Waals surface area contributed by atoms with E-state index in [9.17, 15) is 4.79 Å². The van der Waals surface area contributed by atoms with Gasteiger partial charge in [-0.1, -0.05) is 12.8 Å². The number of hydrogen-bond acceptors (Lipinski definition) is 5. The Kier molecular flexibility index (Phi) is 4.02. The average Bonchev–Trinajstić information content (AvgIpc) is 2.96. The fourth-order valence-corrected chi connectivity index (χ4v) is 3.56. The maximum Gasteiger partial charge on any atom is 0.358 e. The van der Waals surface area contributed by atoms with Gasteiger partial charge in [-0.2, -0.15) is 0 Å². The van der Waals surface area contributed by atoms with Gasteiger partial charge in [0.25, 0.3) is 0 Å². The van der Waals surface area contributed by atoms with E-state index in [0.29, 0.717) is 12.3 Å². The molecule has 0 aromatic carbocycles. The lowest BCUT2D eigenvalue weighted by Gasteiger charge is -2.24. The third-order valence-electron chi connectivity index (χ3n) is 3.46. The summed E-state index contributed by atoms with van der Waals surface area (Å²) >= 11 is 1.55. The highest BCUT2D eigenvalue weighted by Crippen LogP contribution is 2.43. The monoisotopic (exact) mass is 269 g/mol.